The Bertz CT molecular complexity index is 937. The molecule has 26 heavy (non-hydrogen) atoms. The number of hydrogen-bond acceptors (Lipinski definition) is 5. The van der Waals surface area contributed by atoms with Gasteiger partial charge in [0.25, 0.3) is 5.91 Å². The molecule has 7 nitrogen and oxygen atoms in total. The molecule has 2 aromatic heterocycles. The molecule has 0 aliphatic heterocycles. The van der Waals surface area contributed by atoms with Crippen LogP contribution in [0, 0.1) is 6.92 Å². The Hall–Kier alpha value is -2.80. The summed E-state index contributed by atoms with van der Waals surface area (Å²) >= 11 is 0. The van der Waals surface area contributed by atoms with Crippen molar-refractivity contribution in [2.24, 2.45) is 5.73 Å². The van der Waals surface area contributed by atoms with Gasteiger partial charge in [-0.15, -0.1) is 5.10 Å². The van der Waals surface area contributed by atoms with Gasteiger partial charge in [-0.3, -0.25) is 9.78 Å². The fourth-order valence-electron chi connectivity index (χ4n) is 3.58. The molecule has 3 N–H and O–H groups in total. The minimum atomic E-state index is -0.170. The van der Waals surface area contributed by atoms with E-state index in [2.05, 4.69) is 20.6 Å². The Morgan fingerprint density at radius 2 is 2.04 bits per heavy atom. The average Bonchev–Trinajstić information content (AvgIpc) is 3.04. The molecule has 0 spiro atoms. The van der Waals surface area contributed by atoms with Gasteiger partial charge in [-0.05, 0) is 44.7 Å². The number of carbonyl (C=O) groups excluding carboxylic acids is 1. The summed E-state index contributed by atoms with van der Waals surface area (Å²) in [5.41, 5.74) is 7.91. The first-order valence-corrected chi connectivity index (χ1v) is 8.95. The summed E-state index contributed by atoms with van der Waals surface area (Å²) in [5.74, 6) is -0.170. The van der Waals surface area contributed by atoms with Gasteiger partial charge in [-0.2, -0.15) is 0 Å². The van der Waals surface area contributed by atoms with Gasteiger partial charge in [0.1, 0.15) is 0 Å². The lowest BCUT2D eigenvalue weighted by atomic mass is 9.92. The van der Waals surface area contributed by atoms with E-state index in [-0.39, 0.29) is 18.0 Å². The first kappa shape index (κ1) is 16.7. The Labute approximate surface area is 151 Å². The van der Waals surface area contributed by atoms with Gasteiger partial charge in [-0.25, -0.2) is 4.68 Å². The largest absolute Gasteiger partial charge is 0.348 e. The van der Waals surface area contributed by atoms with E-state index in [1.54, 1.807) is 10.9 Å². The fourth-order valence-corrected chi connectivity index (χ4v) is 3.58. The monoisotopic (exact) mass is 350 g/mol. The van der Waals surface area contributed by atoms with Gasteiger partial charge in [0.15, 0.2) is 5.69 Å². The number of pyridine rings is 1. The van der Waals surface area contributed by atoms with Gasteiger partial charge in [-0.1, -0.05) is 17.3 Å². The lowest BCUT2D eigenvalue weighted by Crippen LogP contribution is -2.40. The van der Waals surface area contributed by atoms with Crippen molar-refractivity contribution in [3.05, 3.63) is 48.0 Å². The van der Waals surface area contributed by atoms with E-state index >= 15 is 0 Å². The number of nitrogens with two attached hydrogens (primary N) is 1. The highest BCUT2D eigenvalue weighted by Crippen LogP contribution is 2.23. The van der Waals surface area contributed by atoms with Crippen molar-refractivity contribution in [2.45, 2.75) is 44.7 Å². The Balaban J connectivity index is 1.61. The second-order valence-corrected chi connectivity index (χ2v) is 6.89. The average molecular weight is 350 g/mol. The quantitative estimate of drug-likeness (QED) is 0.754. The number of rotatable bonds is 3. The van der Waals surface area contributed by atoms with Crippen LogP contribution in [0.15, 0.2) is 36.7 Å². The molecule has 1 aliphatic carbocycles. The number of fused-ring (bicyclic) bond motifs is 1. The third-order valence-electron chi connectivity index (χ3n) is 5.10. The minimum Gasteiger partial charge on any atom is -0.348 e. The summed E-state index contributed by atoms with van der Waals surface area (Å²) in [4.78, 5) is 16.8. The maximum atomic E-state index is 12.7. The molecule has 0 unspecified atom stereocenters. The molecule has 0 radical (unpaired) electrons. The van der Waals surface area contributed by atoms with E-state index in [4.69, 9.17) is 5.73 Å². The molecule has 1 saturated carbocycles. The molecule has 2 heterocycles. The molecule has 1 fully saturated rings. The molecule has 1 amide bonds. The van der Waals surface area contributed by atoms with Crippen LogP contribution in [0.3, 0.4) is 0 Å². The number of nitrogens with one attached hydrogen (secondary N) is 1. The summed E-state index contributed by atoms with van der Waals surface area (Å²) < 4.78 is 1.72. The maximum Gasteiger partial charge on any atom is 0.273 e. The fraction of sp³-hybridized carbons (Fsp3) is 0.368. The van der Waals surface area contributed by atoms with Crippen LogP contribution < -0.4 is 11.1 Å². The van der Waals surface area contributed by atoms with E-state index in [1.807, 2.05) is 37.4 Å². The van der Waals surface area contributed by atoms with Crippen LogP contribution in [0.4, 0.5) is 0 Å². The standard InChI is InChI=1S/C19H22N6O/c1-12-18(19(26)22-15-7-5-14(20)6-8-15)23-24-25(12)17-4-2-3-13-11-21-10-9-16(13)17/h2-4,9-11,14-15H,5-8,20H2,1H3,(H,22,26). The Kier molecular flexibility index (Phi) is 4.38. The molecule has 7 heteroatoms. The number of aromatic nitrogens is 4. The molecule has 0 atom stereocenters. The van der Waals surface area contributed by atoms with Crippen molar-refractivity contribution < 1.29 is 4.79 Å². The van der Waals surface area contributed by atoms with Crippen molar-refractivity contribution in [2.75, 3.05) is 0 Å². The van der Waals surface area contributed by atoms with Crippen molar-refractivity contribution in [1.82, 2.24) is 25.3 Å². The van der Waals surface area contributed by atoms with E-state index in [1.165, 1.54) is 0 Å². The van der Waals surface area contributed by atoms with Crippen molar-refractivity contribution >= 4 is 16.7 Å². The van der Waals surface area contributed by atoms with Gasteiger partial charge in [0, 0.05) is 35.2 Å². The van der Waals surface area contributed by atoms with Crippen LogP contribution in [-0.4, -0.2) is 38.0 Å². The van der Waals surface area contributed by atoms with Crippen LogP contribution in [0.2, 0.25) is 0 Å². The summed E-state index contributed by atoms with van der Waals surface area (Å²) in [6, 6.07) is 8.28. The third-order valence-corrected chi connectivity index (χ3v) is 5.10. The maximum absolute atomic E-state index is 12.7. The number of benzene rings is 1. The number of carbonyl (C=O) groups is 1. The predicted molar refractivity (Wildman–Crippen MR) is 99.1 cm³/mol. The van der Waals surface area contributed by atoms with Crippen LogP contribution in [0.25, 0.3) is 16.5 Å². The zero-order valence-electron chi connectivity index (χ0n) is 14.7. The highest BCUT2D eigenvalue weighted by molar-refractivity contribution is 5.94. The molecule has 0 saturated heterocycles. The first-order chi connectivity index (χ1) is 12.6. The van der Waals surface area contributed by atoms with Crippen LogP contribution >= 0.6 is 0 Å². The molecular weight excluding hydrogens is 328 g/mol. The molecule has 4 rings (SSSR count). The highest BCUT2D eigenvalue weighted by Gasteiger charge is 2.24. The van der Waals surface area contributed by atoms with Crippen LogP contribution in [0.5, 0.6) is 0 Å². The van der Waals surface area contributed by atoms with Gasteiger partial charge >= 0.3 is 0 Å². The number of amides is 1. The van der Waals surface area contributed by atoms with E-state index < -0.39 is 0 Å². The zero-order valence-corrected chi connectivity index (χ0v) is 14.7. The predicted octanol–water partition coefficient (Wildman–Crippen LogP) is 2.12. The summed E-state index contributed by atoms with van der Waals surface area (Å²) in [7, 11) is 0. The molecule has 1 aromatic carbocycles. The molecule has 1 aliphatic rings. The lowest BCUT2D eigenvalue weighted by Gasteiger charge is -2.26. The zero-order chi connectivity index (χ0) is 18.1. The molecule has 3 aromatic rings. The SMILES string of the molecule is Cc1c(C(=O)NC2CCC(N)CC2)nnn1-c1cccc2cnccc12. The van der Waals surface area contributed by atoms with E-state index in [0.29, 0.717) is 5.69 Å². The Morgan fingerprint density at radius 1 is 1.23 bits per heavy atom. The number of nitrogens with zero attached hydrogens (tertiary/aromatic N) is 4. The van der Waals surface area contributed by atoms with Crippen molar-refractivity contribution in [3.63, 3.8) is 0 Å². The highest BCUT2D eigenvalue weighted by atomic mass is 16.2. The first-order valence-electron chi connectivity index (χ1n) is 8.95. The molecule has 134 valence electrons. The summed E-state index contributed by atoms with van der Waals surface area (Å²) in [6.45, 7) is 1.87. The van der Waals surface area contributed by atoms with Crippen LogP contribution in [-0.2, 0) is 0 Å². The molecule has 0 bridgehead atoms. The van der Waals surface area contributed by atoms with Gasteiger partial charge in [0.05, 0.1) is 11.4 Å². The second-order valence-electron chi connectivity index (χ2n) is 6.89. The lowest BCUT2D eigenvalue weighted by molar-refractivity contribution is 0.0920. The van der Waals surface area contributed by atoms with Crippen molar-refractivity contribution in [1.29, 1.82) is 0 Å². The second kappa shape index (κ2) is 6.84. The topological polar surface area (TPSA) is 98.7 Å². The van der Waals surface area contributed by atoms with E-state index in [9.17, 15) is 4.79 Å². The molecular formula is C19H22N6O. The van der Waals surface area contributed by atoms with Gasteiger partial charge in [0.2, 0.25) is 0 Å². The third kappa shape index (κ3) is 3.06. The minimum absolute atomic E-state index is 0.162. The van der Waals surface area contributed by atoms with Crippen molar-refractivity contribution in [3.8, 4) is 5.69 Å². The normalized spacial score (nSPS) is 20.2. The van der Waals surface area contributed by atoms with E-state index in [0.717, 1.165) is 47.8 Å². The summed E-state index contributed by atoms with van der Waals surface area (Å²) in [5, 5.41) is 13.5. The number of hydrogen-bond donors (Lipinski definition) is 2. The summed E-state index contributed by atoms with van der Waals surface area (Å²) in [6.07, 6.45) is 7.28. The van der Waals surface area contributed by atoms with Crippen LogP contribution in [0.1, 0.15) is 41.9 Å². The smallest absolute Gasteiger partial charge is 0.273 e. The van der Waals surface area contributed by atoms with Gasteiger partial charge < -0.3 is 11.1 Å². The Morgan fingerprint density at radius 3 is 2.85 bits per heavy atom.